The number of carbonyl (C=O) groups excluding carboxylic acids is 1. The molecule has 0 N–H and O–H groups in total. The number of ether oxygens (including phenoxy) is 2. The number of alkyl halides is 3. The summed E-state index contributed by atoms with van der Waals surface area (Å²) in [5, 5.41) is 18.9. The maximum atomic E-state index is 13.5. The highest BCUT2D eigenvalue weighted by atomic mass is 19.4. The summed E-state index contributed by atoms with van der Waals surface area (Å²) in [5.41, 5.74) is -3.92. The lowest BCUT2D eigenvalue weighted by Crippen LogP contribution is -2.54. The number of hydrogen-bond donors (Lipinski definition) is 0. The molecule has 2 atom stereocenters. The van der Waals surface area contributed by atoms with Crippen molar-refractivity contribution in [2.45, 2.75) is 51.0 Å². The predicted octanol–water partition coefficient (Wildman–Crippen LogP) is 2.97. The Kier molecular flexibility index (Phi) is 6.81. The molecule has 3 rings (SSSR count). The Bertz CT molecular complexity index is 1240. The molecule has 0 saturated carbocycles. The van der Waals surface area contributed by atoms with Crippen molar-refractivity contribution in [2.24, 2.45) is 0 Å². The Labute approximate surface area is 199 Å². The van der Waals surface area contributed by atoms with E-state index in [1.54, 1.807) is 0 Å². The Morgan fingerprint density at radius 1 is 1.14 bits per heavy atom. The van der Waals surface area contributed by atoms with Crippen molar-refractivity contribution in [1.29, 1.82) is 0 Å². The average molecular weight is 517 g/mol. The molecule has 0 spiro atoms. The molecular weight excluding hydrogens is 499 g/mol. The van der Waals surface area contributed by atoms with Gasteiger partial charge >= 0.3 is 12.1 Å². The zero-order valence-electron chi connectivity index (χ0n) is 18.8. The summed E-state index contributed by atoms with van der Waals surface area (Å²) in [6.45, 7) is 3.98. The maximum Gasteiger partial charge on any atom is 0.416 e. The minimum atomic E-state index is -4.78. The van der Waals surface area contributed by atoms with E-state index in [4.69, 9.17) is 9.47 Å². The van der Waals surface area contributed by atoms with E-state index in [1.165, 1.54) is 13.8 Å². The molecule has 1 aromatic heterocycles. The zero-order chi connectivity index (χ0) is 27.0. The molecule has 13 nitrogen and oxygen atoms in total. The number of carbonyl (C=O) groups is 1. The highest BCUT2D eigenvalue weighted by Crippen LogP contribution is 2.45. The predicted molar refractivity (Wildman–Crippen MR) is 109 cm³/mol. The summed E-state index contributed by atoms with van der Waals surface area (Å²) in [6.07, 6.45) is -7.53. The Morgan fingerprint density at radius 3 is 2.28 bits per heavy atom. The first kappa shape index (κ1) is 26.2. The highest BCUT2D eigenvalue weighted by Gasteiger charge is 2.48. The van der Waals surface area contributed by atoms with Crippen LogP contribution in [0.2, 0.25) is 0 Å². The lowest BCUT2D eigenvalue weighted by molar-refractivity contribution is -0.855. The van der Waals surface area contributed by atoms with Crippen LogP contribution in [-0.4, -0.2) is 32.4 Å². The van der Waals surface area contributed by atoms with Crippen LogP contribution in [0.1, 0.15) is 49.8 Å². The van der Waals surface area contributed by atoms with E-state index in [9.17, 15) is 43.0 Å². The number of esters is 1. The number of aromatic nitrogens is 1. The first-order chi connectivity index (χ1) is 16.6. The minimum absolute atomic E-state index is 0.0571. The Morgan fingerprint density at radius 2 is 1.75 bits per heavy atom. The van der Waals surface area contributed by atoms with E-state index >= 15 is 0 Å². The van der Waals surface area contributed by atoms with Gasteiger partial charge in [-0.3, -0.25) is 19.3 Å². The van der Waals surface area contributed by atoms with Gasteiger partial charge in [0.05, 0.1) is 5.56 Å². The van der Waals surface area contributed by atoms with Crippen molar-refractivity contribution in [3.63, 3.8) is 0 Å². The number of pyridine rings is 1. The maximum absolute atomic E-state index is 13.5. The monoisotopic (exact) mass is 517 g/mol. The molecule has 0 radical (unpaired) electrons. The molecule has 36 heavy (non-hydrogen) atoms. The summed E-state index contributed by atoms with van der Waals surface area (Å²) in [5.74, 6) is -0.897. The zero-order valence-corrected chi connectivity index (χ0v) is 18.8. The van der Waals surface area contributed by atoms with Crippen molar-refractivity contribution >= 4 is 5.97 Å². The quantitative estimate of drug-likeness (QED) is 0.231. The fourth-order valence-electron chi connectivity index (χ4n) is 3.79. The van der Waals surface area contributed by atoms with Gasteiger partial charge in [-0.25, -0.2) is 0 Å². The van der Waals surface area contributed by atoms with Crippen LogP contribution in [0, 0.1) is 20.2 Å². The topological polar surface area (TPSA) is 162 Å². The van der Waals surface area contributed by atoms with Gasteiger partial charge in [-0.1, -0.05) is 0 Å². The van der Waals surface area contributed by atoms with Crippen LogP contribution in [0.15, 0.2) is 41.3 Å². The highest BCUT2D eigenvalue weighted by molar-refractivity contribution is 5.66. The largest absolute Gasteiger partial charge is 0.484 e. The summed E-state index contributed by atoms with van der Waals surface area (Å²) in [7, 11) is 0. The second kappa shape index (κ2) is 9.35. The Hall–Kier alpha value is -4.37. The van der Waals surface area contributed by atoms with Gasteiger partial charge in [-0.15, -0.1) is 20.2 Å². The third-order valence-corrected chi connectivity index (χ3v) is 5.19. The number of rotatable bonds is 7. The first-order valence-electron chi connectivity index (χ1n) is 10.0. The van der Waals surface area contributed by atoms with Gasteiger partial charge in [-0.2, -0.15) is 13.2 Å². The van der Waals surface area contributed by atoms with E-state index in [2.05, 4.69) is 9.68 Å². The molecule has 1 aliphatic heterocycles. The third kappa shape index (κ3) is 5.47. The van der Waals surface area contributed by atoms with Gasteiger partial charge in [0.15, 0.2) is 6.10 Å². The molecule has 2 unspecified atom stereocenters. The molecule has 1 aromatic carbocycles. The van der Waals surface area contributed by atoms with Crippen molar-refractivity contribution in [2.75, 3.05) is 0 Å². The van der Waals surface area contributed by atoms with Crippen molar-refractivity contribution in [3.05, 3.63) is 83.8 Å². The molecular formula is C20H18F3N3O10. The van der Waals surface area contributed by atoms with Gasteiger partial charge in [0.2, 0.25) is 0 Å². The standard InChI is InChI=1S/C20H18F3N3O10/c1-10(27)33-17-16(13-8-12(20(21,22)23)5-6-14(13)34-19(17,2)3)24-9-11(4-7-15(24)28)18(35-25(29)30)36-26(31)32/h4-9,16-18H,1-3H3. The molecule has 0 saturated heterocycles. The number of fused-ring (bicyclic) bond motifs is 1. The summed E-state index contributed by atoms with van der Waals surface area (Å²) in [6, 6.07) is 2.85. The molecule has 1 aliphatic rings. The van der Waals surface area contributed by atoms with E-state index in [0.717, 1.165) is 42.0 Å². The van der Waals surface area contributed by atoms with E-state index in [1.807, 2.05) is 0 Å². The van der Waals surface area contributed by atoms with E-state index in [-0.39, 0.29) is 11.3 Å². The van der Waals surface area contributed by atoms with Gasteiger partial charge < -0.3 is 14.0 Å². The van der Waals surface area contributed by atoms with Gasteiger partial charge in [0.25, 0.3) is 22.0 Å². The minimum Gasteiger partial charge on any atom is -0.484 e. The number of hydrogen-bond acceptors (Lipinski definition) is 10. The molecule has 2 aromatic rings. The van der Waals surface area contributed by atoms with Crippen LogP contribution < -0.4 is 10.3 Å². The van der Waals surface area contributed by atoms with Crippen molar-refractivity contribution in [3.8, 4) is 5.75 Å². The van der Waals surface area contributed by atoms with Gasteiger partial charge in [0, 0.05) is 30.3 Å². The molecule has 0 amide bonds. The van der Waals surface area contributed by atoms with Gasteiger partial charge in [-0.05, 0) is 38.1 Å². The number of benzene rings is 1. The molecule has 2 heterocycles. The van der Waals surface area contributed by atoms with Crippen molar-refractivity contribution in [1.82, 2.24) is 4.57 Å². The van der Waals surface area contributed by atoms with Crippen LogP contribution in [0.5, 0.6) is 5.75 Å². The normalized spacial score (nSPS) is 18.5. The molecule has 194 valence electrons. The molecule has 0 bridgehead atoms. The second-order valence-corrected chi connectivity index (χ2v) is 8.13. The fraction of sp³-hybridized carbons (Fsp3) is 0.400. The number of halogens is 3. The third-order valence-electron chi connectivity index (χ3n) is 5.19. The number of nitrogens with zero attached hydrogens (tertiary/aromatic N) is 3. The fourth-order valence-corrected chi connectivity index (χ4v) is 3.79. The van der Waals surface area contributed by atoms with Gasteiger partial charge in [0.1, 0.15) is 17.4 Å². The molecule has 16 heteroatoms. The smallest absolute Gasteiger partial charge is 0.416 e. The lowest BCUT2D eigenvalue weighted by Gasteiger charge is -2.44. The first-order valence-corrected chi connectivity index (χ1v) is 10.0. The lowest BCUT2D eigenvalue weighted by atomic mass is 9.85. The summed E-state index contributed by atoms with van der Waals surface area (Å²) < 4.78 is 52.4. The summed E-state index contributed by atoms with van der Waals surface area (Å²) in [4.78, 5) is 54.7. The van der Waals surface area contributed by atoms with Crippen LogP contribution in [-0.2, 0) is 25.4 Å². The van der Waals surface area contributed by atoms with Crippen LogP contribution in [0.25, 0.3) is 0 Å². The van der Waals surface area contributed by atoms with Crippen LogP contribution >= 0.6 is 0 Å². The molecule has 0 fully saturated rings. The average Bonchev–Trinajstić information content (AvgIpc) is 2.72. The van der Waals surface area contributed by atoms with Crippen LogP contribution in [0.3, 0.4) is 0 Å². The Balaban J connectivity index is 2.28. The molecule has 0 aliphatic carbocycles. The summed E-state index contributed by atoms with van der Waals surface area (Å²) >= 11 is 0. The van der Waals surface area contributed by atoms with Crippen molar-refractivity contribution < 1.29 is 47.3 Å². The van der Waals surface area contributed by atoms with E-state index < -0.39 is 63.0 Å². The van der Waals surface area contributed by atoms with Crippen LogP contribution in [0.4, 0.5) is 13.2 Å². The second-order valence-electron chi connectivity index (χ2n) is 8.13. The van der Waals surface area contributed by atoms with E-state index in [0.29, 0.717) is 6.07 Å². The SMILES string of the molecule is CC(=O)OC1C(n2cc(C(O[N+](=O)[O-])O[N+](=O)[O-])ccc2=O)c2cc(C(F)(F)F)ccc2OC1(C)C.